The molecule has 4 nitrogen and oxygen atoms in total. The van der Waals surface area contributed by atoms with Crippen molar-refractivity contribution >= 4 is 11.6 Å². The molecule has 0 spiro atoms. The Labute approximate surface area is 108 Å². The summed E-state index contributed by atoms with van der Waals surface area (Å²) in [5, 5.41) is 2.75. The van der Waals surface area contributed by atoms with E-state index >= 15 is 0 Å². The predicted molar refractivity (Wildman–Crippen MR) is 67.6 cm³/mol. The van der Waals surface area contributed by atoms with Crippen LogP contribution in [0.25, 0.3) is 0 Å². The molecular weight excluding hydrogens is 257 g/mol. The summed E-state index contributed by atoms with van der Waals surface area (Å²) in [7, 11) is 0. The number of aryl methyl sites for hydroxylation is 1. The first-order valence-electron chi connectivity index (χ1n) is 5.89. The van der Waals surface area contributed by atoms with E-state index in [2.05, 4.69) is 15.7 Å². The van der Waals surface area contributed by atoms with E-state index in [1.165, 1.54) is 13.0 Å². The molecule has 7 heteroatoms. The summed E-state index contributed by atoms with van der Waals surface area (Å²) < 4.78 is 38.3. The van der Waals surface area contributed by atoms with E-state index in [1.807, 2.05) is 0 Å². The van der Waals surface area contributed by atoms with E-state index in [1.54, 1.807) is 6.07 Å². The summed E-state index contributed by atoms with van der Waals surface area (Å²) >= 11 is 0. The van der Waals surface area contributed by atoms with Crippen LogP contribution >= 0.6 is 0 Å². The van der Waals surface area contributed by atoms with Crippen LogP contribution in [-0.4, -0.2) is 12.0 Å². The molecule has 4 N–H and O–H groups in total. The number of nitrogens with one attached hydrogen (secondary N) is 2. The number of rotatable bonds is 2. The Morgan fingerprint density at radius 1 is 1.37 bits per heavy atom. The highest BCUT2D eigenvalue weighted by molar-refractivity contribution is 5.93. The molecule has 0 radical (unpaired) electrons. The van der Waals surface area contributed by atoms with Gasteiger partial charge >= 0.3 is 6.18 Å². The van der Waals surface area contributed by atoms with Gasteiger partial charge in [0.1, 0.15) is 0 Å². The van der Waals surface area contributed by atoms with Gasteiger partial charge in [0.25, 0.3) is 0 Å². The van der Waals surface area contributed by atoms with Crippen molar-refractivity contribution in [3.05, 3.63) is 29.3 Å². The fourth-order valence-electron chi connectivity index (χ4n) is 1.63. The average Bonchev–Trinajstić information content (AvgIpc) is 3.13. The molecule has 1 aromatic rings. The summed E-state index contributed by atoms with van der Waals surface area (Å²) in [6.07, 6.45) is -2.41. The van der Waals surface area contributed by atoms with Crippen LogP contribution in [0.5, 0.6) is 0 Å². The van der Waals surface area contributed by atoms with Crippen molar-refractivity contribution < 1.29 is 13.2 Å². The Kier molecular flexibility index (Phi) is 3.66. The molecule has 0 atom stereocenters. The molecule has 0 aliphatic heterocycles. The quantitative estimate of drug-likeness (QED) is 0.335. The Bertz CT molecular complexity index is 492. The van der Waals surface area contributed by atoms with E-state index in [-0.39, 0.29) is 17.6 Å². The number of anilines is 1. The Morgan fingerprint density at radius 2 is 2.05 bits per heavy atom. The molecule has 0 heterocycles. The lowest BCUT2D eigenvalue weighted by Gasteiger charge is -2.14. The van der Waals surface area contributed by atoms with Gasteiger partial charge in [-0.3, -0.25) is 5.43 Å². The Hall–Kier alpha value is -1.76. The molecular formula is C12H15F3N4. The minimum absolute atomic E-state index is 0.180. The highest BCUT2D eigenvalue weighted by Crippen LogP contribution is 2.33. The fraction of sp³-hybridized carbons (Fsp3) is 0.417. The molecule has 1 saturated carbocycles. The molecule has 0 saturated heterocycles. The Balaban J connectivity index is 2.20. The molecule has 104 valence electrons. The highest BCUT2D eigenvalue weighted by atomic mass is 19.4. The number of aliphatic imine (C=N–C) groups is 1. The van der Waals surface area contributed by atoms with E-state index in [4.69, 9.17) is 5.84 Å². The first-order valence-corrected chi connectivity index (χ1v) is 5.89. The van der Waals surface area contributed by atoms with Crippen LogP contribution in [0.1, 0.15) is 24.0 Å². The van der Waals surface area contributed by atoms with Gasteiger partial charge in [0.2, 0.25) is 5.96 Å². The molecule has 0 bridgehead atoms. The van der Waals surface area contributed by atoms with Crippen LogP contribution < -0.4 is 16.6 Å². The van der Waals surface area contributed by atoms with Crippen molar-refractivity contribution in [3.8, 4) is 0 Å². The van der Waals surface area contributed by atoms with Crippen molar-refractivity contribution in [1.29, 1.82) is 0 Å². The monoisotopic (exact) mass is 272 g/mol. The normalized spacial score (nSPS) is 16.4. The molecule has 1 aliphatic rings. The van der Waals surface area contributed by atoms with E-state index in [0.29, 0.717) is 5.69 Å². The highest BCUT2D eigenvalue weighted by Gasteiger charge is 2.32. The second kappa shape index (κ2) is 5.08. The maximum absolute atomic E-state index is 12.8. The average molecular weight is 272 g/mol. The van der Waals surface area contributed by atoms with Gasteiger partial charge in [-0.1, -0.05) is 6.07 Å². The smallest absolute Gasteiger partial charge is 0.325 e. The molecule has 0 unspecified atom stereocenters. The van der Waals surface area contributed by atoms with Crippen LogP contribution in [0.2, 0.25) is 0 Å². The molecule has 1 fully saturated rings. The predicted octanol–water partition coefficient (Wildman–Crippen LogP) is 2.41. The SMILES string of the molecule is Cc1ccc(NC(=NC2CC2)NN)cc1C(F)(F)F. The van der Waals surface area contributed by atoms with Crippen LogP contribution in [0.3, 0.4) is 0 Å². The standard InChI is InChI=1S/C12H15F3N4/c1-7-2-3-9(6-10(7)12(13,14)15)18-11(19-16)17-8-4-5-8/h2-3,6,8H,4-5,16H2,1H3,(H2,17,18,19). The van der Waals surface area contributed by atoms with Gasteiger partial charge in [0.15, 0.2) is 0 Å². The zero-order valence-electron chi connectivity index (χ0n) is 10.4. The minimum Gasteiger partial charge on any atom is -0.325 e. The van der Waals surface area contributed by atoms with Crippen molar-refractivity contribution in [2.75, 3.05) is 5.32 Å². The molecule has 1 aromatic carbocycles. The van der Waals surface area contributed by atoms with Gasteiger partial charge in [-0.05, 0) is 37.5 Å². The number of guanidine groups is 1. The maximum atomic E-state index is 12.8. The maximum Gasteiger partial charge on any atom is 0.416 e. The molecule has 19 heavy (non-hydrogen) atoms. The van der Waals surface area contributed by atoms with Gasteiger partial charge in [0, 0.05) is 5.69 Å². The van der Waals surface area contributed by atoms with E-state index in [0.717, 1.165) is 18.9 Å². The largest absolute Gasteiger partial charge is 0.416 e. The number of hydrogen-bond donors (Lipinski definition) is 3. The van der Waals surface area contributed by atoms with Crippen molar-refractivity contribution in [1.82, 2.24) is 5.43 Å². The number of alkyl halides is 3. The van der Waals surface area contributed by atoms with Gasteiger partial charge in [-0.15, -0.1) is 0 Å². The first-order chi connectivity index (χ1) is 8.90. The molecule has 2 rings (SSSR count). The van der Waals surface area contributed by atoms with Crippen molar-refractivity contribution in [2.24, 2.45) is 10.8 Å². The topological polar surface area (TPSA) is 62.4 Å². The van der Waals surface area contributed by atoms with Gasteiger partial charge in [-0.25, -0.2) is 10.8 Å². The van der Waals surface area contributed by atoms with E-state index in [9.17, 15) is 13.2 Å². The first kappa shape index (κ1) is 13.7. The number of nitrogens with zero attached hydrogens (tertiary/aromatic N) is 1. The second-order valence-corrected chi connectivity index (χ2v) is 4.51. The lowest BCUT2D eigenvalue weighted by molar-refractivity contribution is -0.138. The fourth-order valence-corrected chi connectivity index (χ4v) is 1.63. The lowest BCUT2D eigenvalue weighted by atomic mass is 10.1. The molecule has 0 amide bonds. The number of nitrogens with two attached hydrogens (primary N) is 1. The third-order valence-corrected chi connectivity index (χ3v) is 2.80. The summed E-state index contributed by atoms with van der Waals surface area (Å²) in [5.41, 5.74) is 2.17. The number of hydrogen-bond acceptors (Lipinski definition) is 2. The van der Waals surface area contributed by atoms with Gasteiger partial charge < -0.3 is 5.32 Å². The Morgan fingerprint density at radius 3 is 2.58 bits per heavy atom. The summed E-state index contributed by atoms with van der Waals surface area (Å²) in [4.78, 5) is 4.20. The molecule has 1 aliphatic carbocycles. The zero-order chi connectivity index (χ0) is 14.0. The van der Waals surface area contributed by atoms with Crippen molar-refractivity contribution in [3.63, 3.8) is 0 Å². The summed E-state index contributed by atoms with van der Waals surface area (Å²) in [6.45, 7) is 1.42. The zero-order valence-corrected chi connectivity index (χ0v) is 10.4. The van der Waals surface area contributed by atoms with Crippen LogP contribution in [0.4, 0.5) is 18.9 Å². The third-order valence-electron chi connectivity index (χ3n) is 2.80. The number of halogens is 3. The summed E-state index contributed by atoms with van der Waals surface area (Å²) in [6, 6.07) is 4.24. The van der Waals surface area contributed by atoms with Gasteiger partial charge in [-0.2, -0.15) is 13.2 Å². The minimum atomic E-state index is -4.37. The van der Waals surface area contributed by atoms with Crippen molar-refractivity contribution in [2.45, 2.75) is 32.0 Å². The van der Waals surface area contributed by atoms with Crippen LogP contribution in [0.15, 0.2) is 23.2 Å². The molecule has 0 aromatic heterocycles. The second-order valence-electron chi connectivity index (χ2n) is 4.51. The summed E-state index contributed by atoms with van der Waals surface area (Å²) in [5.74, 6) is 5.56. The van der Waals surface area contributed by atoms with Crippen LogP contribution in [-0.2, 0) is 6.18 Å². The van der Waals surface area contributed by atoms with E-state index < -0.39 is 11.7 Å². The number of benzene rings is 1. The lowest BCUT2D eigenvalue weighted by Crippen LogP contribution is -2.36. The van der Waals surface area contributed by atoms with Crippen LogP contribution in [0, 0.1) is 6.92 Å². The third kappa shape index (κ3) is 3.60. The van der Waals surface area contributed by atoms with Gasteiger partial charge in [0.05, 0.1) is 11.6 Å². The number of hydrazine groups is 1.